The third kappa shape index (κ3) is 3.69. The van der Waals surface area contributed by atoms with Crippen LogP contribution in [0.1, 0.15) is 13.3 Å². The van der Waals surface area contributed by atoms with Gasteiger partial charge >= 0.3 is 6.03 Å². The van der Waals surface area contributed by atoms with E-state index in [1.807, 2.05) is 6.92 Å². The lowest BCUT2D eigenvalue weighted by Gasteiger charge is -2.06. The van der Waals surface area contributed by atoms with E-state index in [1.165, 1.54) is 0 Å². The molecule has 0 spiro atoms. The number of carbonyl (C=O) groups excluding carboxylic acids is 1. The summed E-state index contributed by atoms with van der Waals surface area (Å²) in [6.45, 7) is 9.42. The van der Waals surface area contributed by atoms with Gasteiger partial charge in [-0.1, -0.05) is 19.1 Å². The van der Waals surface area contributed by atoms with Gasteiger partial charge < -0.3 is 10.6 Å². The fourth-order valence-electron chi connectivity index (χ4n) is 1.03. The molecule has 0 aliphatic heterocycles. The first kappa shape index (κ1) is 11.1. The Morgan fingerprint density at radius 3 is 2.60 bits per heavy atom. The topological polar surface area (TPSA) is 45.5 Å². The first-order chi connectivity index (χ1) is 7.26. The van der Waals surface area contributed by atoms with Gasteiger partial charge in [-0.05, 0) is 18.6 Å². The van der Waals surface area contributed by atoms with Gasteiger partial charge in [0.05, 0.1) is 6.57 Å². The van der Waals surface area contributed by atoms with Gasteiger partial charge in [0.15, 0.2) is 5.69 Å². The van der Waals surface area contributed by atoms with Gasteiger partial charge in [0.25, 0.3) is 0 Å². The Labute approximate surface area is 89.1 Å². The van der Waals surface area contributed by atoms with Crippen LogP contribution in [0, 0.1) is 6.57 Å². The van der Waals surface area contributed by atoms with E-state index in [9.17, 15) is 4.79 Å². The van der Waals surface area contributed by atoms with Gasteiger partial charge in [0, 0.05) is 12.2 Å². The van der Waals surface area contributed by atoms with E-state index in [-0.39, 0.29) is 6.03 Å². The molecule has 4 nitrogen and oxygen atoms in total. The second-order valence-electron chi connectivity index (χ2n) is 3.04. The van der Waals surface area contributed by atoms with Crippen molar-refractivity contribution in [3.8, 4) is 0 Å². The summed E-state index contributed by atoms with van der Waals surface area (Å²) >= 11 is 0. The van der Waals surface area contributed by atoms with Gasteiger partial charge in [-0.25, -0.2) is 9.64 Å². The largest absolute Gasteiger partial charge is 0.338 e. The molecule has 1 aromatic carbocycles. The van der Waals surface area contributed by atoms with E-state index in [4.69, 9.17) is 6.57 Å². The quantitative estimate of drug-likeness (QED) is 0.729. The highest BCUT2D eigenvalue weighted by molar-refractivity contribution is 5.89. The highest BCUT2D eigenvalue weighted by atomic mass is 16.2. The second-order valence-corrected chi connectivity index (χ2v) is 3.04. The number of anilines is 1. The number of amides is 2. The normalized spacial score (nSPS) is 9.07. The predicted octanol–water partition coefficient (Wildman–Crippen LogP) is 2.77. The van der Waals surface area contributed by atoms with Crippen molar-refractivity contribution < 1.29 is 4.79 Å². The summed E-state index contributed by atoms with van der Waals surface area (Å²) in [7, 11) is 0. The molecule has 0 saturated carbocycles. The summed E-state index contributed by atoms with van der Waals surface area (Å²) in [6.07, 6.45) is 0.907. The Kier molecular flexibility index (Phi) is 4.17. The zero-order valence-corrected chi connectivity index (χ0v) is 8.58. The van der Waals surface area contributed by atoms with Crippen LogP contribution in [0.5, 0.6) is 0 Å². The minimum absolute atomic E-state index is 0.215. The van der Waals surface area contributed by atoms with Crippen molar-refractivity contribution in [2.24, 2.45) is 0 Å². The van der Waals surface area contributed by atoms with Crippen LogP contribution in [0.2, 0.25) is 0 Å². The summed E-state index contributed by atoms with van der Waals surface area (Å²) < 4.78 is 0. The molecule has 0 aliphatic rings. The monoisotopic (exact) mass is 203 g/mol. The number of hydrogen-bond donors (Lipinski definition) is 2. The fourth-order valence-corrected chi connectivity index (χ4v) is 1.03. The number of hydrogen-bond acceptors (Lipinski definition) is 1. The molecule has 0 atom stereocenters. The minimum atomic E-state index is -0.215. The van der Waals surface area contributed by atoms with Crippen LogP contribution in [0.4, 0.5) is 16.2 Å². The van der Waals surface area contributed by atoms with Crippen molar-refractivity contribution in [1.29, 1.82) is 0 Å². The Hall–Kier alpha value is -2.02. The number of rotatable bonds is 3. The van der Waals surface area contributed by atoms with Crippen molar-refractivity contribution >= 4 is 17.4 Å². The van der Waals surface area contributed by atoms with Gasteiger partial charge in [-0.15, -0.1) is 0 Å². The maximum absolute atomic E-state index is 11.2. The molecule has 0 bridgehead atoms. The third-order valence-corrected chi connectivity index (χ3v) is 1.79. The van der Waals surface area contributed by atoms with Crippen molar-refractivity contribution in [3.05, 3.63) is 35.7 Å². The molecule has 0 aromatic heterocycles. The van der Waals surface area contributed by atoms with E-state index >= 15 is 0 Å². The molecular weight excluding hydrogens is 190 g/mol. The zero-order valence-electron chi connectivity index (χ0n) is 8.58. The average molecular weight is 203 g/mol. The first-order valence-electron chi connectivity index (χ1n) is 4.78. The average Bonchev–Trinajstić information content (AvgIpc) is 2.27. The van der Waals surface area contributed by atoms with Gasteiger partial charge in [0.1, 0.15) is 0 Å². The van der Waals surface area contributed by atoms with E-state index in [0.717, 1.165) is 6.42 Å². The first-order valence-corrected chi connectivity index (χ1v) is 4.78. The predicted molar refractivity (Wildman–Crippen MR) is 60.0 cm³/mol. The standard InChI is InChI=1S/C11H13N3O/c1-3-8-13-11(15)14-10-6-4-9(12-2)5-7-10/h4-7H,3,8H2,1H3,(H2,13,14,15). The Balaban J connectivity index is 2.50. The van der Waals surface area contributed by atoms with Crippen molar-refractivity contribution in [2.45, 2.75) is 13.3 Å². The molecule has 4 heteroatoms. The molecule has 0 unspecified atom stereocenters. The zero-order chi connectivity index (χ0) is 11.1. The molecule has 1 aromatic rings. The molecule has 0 heterocycles. The van der Waals surface area contributed by atoms with Crippen LogP contribution < -0.4 is 10.6 Å². The lowest BCUT2D eigenvalue weighted by Crippen LogP contribution is -2.29. The van der Waals surface area contributed by atoms with Crippen LogP contribution in [0.15, 0.2) is 24.3 Å². The lowest BCUT2D eigenvalue weighted by atomic mass is 10.3. The van der Waals surface area contributed by atoms with E-state index in [2.05, 4.69) is 15.5 Å². The number of benzene rings is 1. The summed E-state index contributed by atoms with van der Waals surface area (Å²) in [5, 5.41) is 5.37. The van der Waals surface area contributed by atoms with Gasteiger partial charge in [-0.3, -0.25) is 0 Å². The molecule has 0 aliphatic carbocycles. The molecule has 15 heavy (non-hydrogen) atoms. The molecule has 78 valence electrons. The maximum atomic E-state index is 11.2. The van der Waals surface area contributed by atoms with Gasteiger partial charge in [0.2, 0.25) is 0 Å². The highest BCUT2D eigenvalue weighted by Gasteiger charge is 1.99. The molecular formula is C11H13N3O. The van der Waals surface area contributed by atoms with Crippen LogP contribution in [-0.2, 0) is 0 Å². The molecule has 0 fully saturated rings. The van der Waals surface area contributed by atoms with Gasteiger partial charge in [-0.2, -0.15) is 0 Å². The SMILES string of the molecule is [C-]#[N+]c1ccc(NC(=O)NCCC)cc1. The molecule has 0 radical (unpaired) electrons. The molecule has 0 saturated heterocycles. The van der Waals surface area contributed by atoms with Crippen LogP contribution in [-0.4, -0.2) is 12.6 Å². The maximum Gasteiger partial charge on any atom is 0.319 e. The smallest absolute Gasteiger partial charge is 0.319 e. The van der Waals surface area contributed by atoms with Crippen LogP contribution in [0.25, 0.3) is 4.85 Å². The minimum Gasteiger partial charge on any atom is -0.338 e. The lowest BCUT2D eigenvalue weighted by molar-refractivity contribution is 0.252. The second kappa shape index (κ2) is 5.66. The highest BCUT2D eigenvalue weighted by Crippen LogP contribution is 2.15. The summed E-state index contributed by atoms with van der Waals surface area (Å²) in [5.41, 5.74) is 1.26. The number of urea groups is 1. The van der Waals surface area contributed by atoms with E-state index < -0.39 is 0 Å². The summed E-state index contributed by atoms with van der Waals surface area (Å²) in [4.78, 5) is 14.5. The molecule has 2 amide bonds. The third-order valence-electron chi connectivity index (χ3n) is 1.79. The summed E-state index contributed by atoms with van der Waals surface area (Å²) in [5.74, 6) is 0. The number of nitrogens with one attached hydrogen (secondary N) is 2. The van der Waals surface area contributed by atoms with Crippen molar-refractivity contribution in [3.63, 3.8) is 0 Å². The van der Waals surface area contributed by atoms with Crippen molar-refractivity contribution in [2.75, 3.05) is 11.9 Å². The number of nitrogens with zero attached hydrogens (tertiary/aromatic N) is 1. The van der Waals surface area contributed by atoms with E-state index in [1.54, 1.807) is 24.3 Å². The van der Waals surface area contributed by atoms with Crippen LogP contribution in [0.3, 0.4) is 0 Å². The van der Waals surface area contributed by atoms with E-state index in [0.29, 0.717) is 17.9 Å². The summed E-state index contributed by atoms with van der Waals surface area (Å²) in [6, 6.07) is 6.54. The Morgan fingerprint density at radius 2 is 2.07 bits per heavy atom. The number of carbonyl (C=O) groups is 1. The van der Waals surface area contributed by atoms with Crippen molar-refractivity contribution in [1.82, 2.24) is 5.32 Å². The Morgan fingerprint density at radius 1 is 1.40 bits per heavy atom. The Bertz CT molecular complexity index is 364. The van der Waals surface area contributed by atoms with Crippen LogP contribution >= 0.6 is 0 Å². The fraction of sp³-hybridized carbons (Fsp3) is 0.273. The molecule has 2 N–H and O–H groups in total. The molecule has 1 rings (SSSR count).